The van der Waals surface area contributed by atoms with Gasteiger partial charge in [0.2, 0.25) is 0 Å². The van der Waals surface area contributed by atoms with Crippen molar-refractivity contribution in [1.82, 2.24) is 0 Å². The van der Waals surface area contributed by atoms with Gasteiger partial charge in [-0.3, -0.25) is 8.74 Å². The standard InChI is InChI=1S/C7H14O9S2/c1-4-6(16-18(10,11)12)7(15-17(8)9)5(13-2)3-14-4/h4-7H,3H2,1-2H3,(H,8,9)(H,10,11,12)/p-1. The number of hydrogen-bond acceptors (Lipinski definition) is 8. The van der Waals surface area contributed by atoms with E-state index in [1.165, 1.54) is 14.0 Å². The maximum atomic E-state index is 10.7. The highest BCUT2D eigenvalue weighted by Crippen LogP contribution is 2.24. The van der Waals surface area contributed by atoms with Crippen molar-refractivity contribution in [2.75, 3.05) is 13.7 Å². The number of methoxy groups -OCH3 is 1. The van der Waals surface area contributed by atoms with Crippen LogP contribution in [0.25, 0.3) is 0 Å². The minimum Gasteiger partial charge on any atom is -0.750 e. The van der Waals surface area contributed by atoms with Gasteiger partial charge >= 0.3 is 10.4 Å². The van der Waals surface area contributed by atoms with E-state index in [1.54, 1.807) is 0 Å². The molecule has 0 amide bonds. The second kappa shape index (κ2) is 6.34. The van der Waals surface area contributed by atoms with Crippen molar-refractivity contribution in [3.05, 3.63) is 0 Å². The molecule has 0 aromatic rings. The van der Waals surface area contributed by atoms with Crippen molar-refractivity contribution in [2.45, 2.75) is 31.3 Å². The SMILES string of the molecule is COC1COC(C)C(OS(=O)(=O)O)C1OS(=O)[O-]. The van der Waals surface area contributed by atoms with Gasteiger partial charge in [-0.15, -0.1) is 0 Å². The Morgan fingerprint density at radius 2 is 2.06 bits per heavy atom. The van der Waals surface area contributed by atoms with Gasteiger partial charge in [0.25, 0.3) is 0 Å². The molecule has 11 heteroatoms. The van der Waals surface area contributed by atoms with Crippen LogP contribution < -0.4 is 0 Å². The Labute approximate surface area is 107 Å². The summed E-state index contributed by atoms with van der Waals surface area (Å²) in [6.07, 6.45) is -4.21. The fourth-order valence-corrected chi connectivity index (χ4v) is 2.56. The van der Waals surface area contributed by atoms with E-state index < -0.39 is 46.2 Å². The summed E-state index contributed by atoms with van der Waals surface area (Å²) in [5.41, 5.74) is 0. The third-order valence-electron chi connectivity index (χ3n) is 2.40. The van der Waals surface area contributed by atoms with Crippen molar-refractivity contribution >= 4 is 21.8 Å². The van der Waals surface area contributed by atoms with Crippen LogP contribution in [0, 0.1) is 0 Å². The number of ether oxygens (including phenoxy) is 2. The Bertz CT molecular complexity index is 394. The van der Waals surface area contributed by atoms with Crippen LogP contribution in [0.5, 0.6) is 0 Å². The fourth-order valence-electron chi connectivity index (χ4n) is 1.60. The molecule has 0 aromatic heterocycles. The van der Waals surface area contributed by atoms with Crippen LogP contribution in [0.1, 0.15) is 6.92 Å². The second-order valence-corrected chi connectivity index (χ2v) is 5.21. The Morgan fingerprint density at radius 1 is 1.44 bits per heavy atom. The Morgan fingerprint density at radius 3 is 2.50 bits per heavy atom. The molecule has 18 heavy (non-hydrogen) atoms. The fraction of sp³-hybridized carbons (Fsp3) is 1.00. The molecule has 9 nitrogen and oxygen atoms in total. The minimum absolute atomic E-state index is 0.00483. The first-order valence-corrected chi connectivity index (χ1v) is 7.17. The van der Waals surface area contributed by atoms with Crippen LogP contribution in [0.2, 0.25) is 0 Å². The molecule has 1 aliphatic rings. The van der Waals surface area contributed by atoms with Gasteiger partial charge in [-0.25, -0.2) is 8.39 Å². The smallest absolute Gasteiger partial charge is 0.397 e. The molecule has 1 N–H and O–H groups in total. The molecule has 0 bridgehead atoms. The van der Waals surface area contributed by atoms with E-state index in [2.05, 4.69) is 8.37 Å². The number of hydrogen-bond donors (Lipinski definition) is 1. The van der Waals surface area contributed by atoms with Gasteiger partial charge in [-0.05, 0) is 6.92 Å². The molecule has 0 aromatic carbocycles. The quantitative estimate of drug-likeness (QED) is 0.490. The average Bonchev–Trinajstić information content (AvgIpc) is 2.21. The highest BCUT2D eigenvalue weighted by molar-refractivity contribution is 7.80. The maximum absolute atomic E-state index is 10.7. The first-order chi connectivity index (χ1) is 8.24. The summed E-state index contributed by atoms with van der Waals surface area (Å²) in [6.45, 7) is 1.46. The van der Waals surface area contributed by atoms with E-state index in [4.69, 9.17) is 14.0 Å². The lowest BCUT2D eigenvalue weighted by Gasteiger charge is -2.39. The van der Waals surface area contributed by atoms with Crippen molar-refractivity contribution in [1.29, 1.82) is 0 Å². The molecule has 5 atom stereocenters. The lowest BCUT2D eigenvalue weighted by molar-refractivity contribution is -0.173. The van der Waals surface area contributed by atoms with Crippen LogP contribution in [-0.4, -0.2) is 59.9 Å². The molecule has 108 valence electrons. The van der Waals surface area contributed by atoms with Gasteiger partial charge in [0, 0.05) is 7.11 Å². The van der Waals surface area contributed by atoms with Gasteiger partial charge < -0.3 is 14.0 Å². The van der Waals surface area contributed by atoms with E-state index in [9.17, 15) is 17.2 Å². The Balaban J connectivity index is 2.92. The third kappa shape index (κ3) is 4.51. The highest BCUT2D eigenvalue weighted by atomic mass is 32.3. The van der Waals surface area contributed by atoms with Crippen molar-refractivity contribution in [2.24, 2.45) is 0 Å². The van der Waals surface area contributed by atoms with Crippen molar-refractivity contribution in [3.63, 3.8) is 0 Å². The van der Waals surface area contributed by atoms with Crippen LogP contribution >= 0.6 is 0 Å². The first-order valence-electron chi connectivity index (χ1n) is 4.81. The Kier molecular flexibility index (Phi) is 5.61. The van der Waals surface area contributed by atoms with Crippen LogP contribution in [0.15, 0.2) is 0 Å². The molecule has 0 radical (unpaired) electrons. The van der Waals surface area contributed by atoms with Crippen LogP contribution in [0.3, 0.4) is 0 Å². The van der Waals surface area contributed by atoms with Gasteiger partial charge in [0.05, 0.1) is 24.1 Å². The Hall–Kier alpha value is -0.140. The van der Waals surface area contributed by atoms with Gasteiger partial charge in [-0.2, -0.15) is 8.42 Å². The predicted molar refractivity (Wildman–Crippen MR) is 56.4 cm³/mol. The monoisotopic (exact) mass is 305 g/mol. The molecule has 1 heterocycles. The lowest BCUT2D eigenvalue weighted by atomic mass is 10.0. The van der Waals surface area contributed by atoms with E-state index in [0.717, 1.165) is 0 Å². The molecular formula is C7H13O9S2-. The summed E-state index contributed by atoms with van der Waals surface area (Å²) in [6, 6.07) is 0. The summed E-state index contributed by atoms with van der Waals surface area (Å²) in [5.74, 6) is 0. The summed E-state index contributed by atoms with van der Waals surface area (Å²) in [7, 11) is -3.50. The number of rotatable bonds is 5. The molecule has 1 saturated heterocycles. The normalized spacial score (nSPS) is 35.3. The summed E-state index contributed by atoms with van der Waals surface area (Å²) < 4.78 is 70.1. The zero-order valence-electron chi connectivity index (χ0n) is 9.55. The zero-order valence-corrected chi connectivity index (χ0v) is 11.2. The van der Waals surface area contributed by atoms with Crippen molar-refractivity contribution in [3.8, 4) is 0 Å². The molecular weight excluding hydrogens is 292 g/mol. The first kappa shape index (κ1) is 15.9. The molecule has 1 rings (SSSR count). The summed E-state index contributed by atoms with van der Waals surface area (Å²) in [4.78, 5) is 0. The molecule has 0 aliphatic carbocycles. The maximum Gasteiger partial charge on any atom is 0.397 e. The molecule has 0 saturated carbocycles. The third-order valence-corrected chi connectivity index (χ3v) is 3.25. The zero-order chi connectivity index (χ0) is 13.9. The minimum atomic E-state index is -4.77. The van der Waals surface area contributed by atoms with Gasteiger partial charge in [-0.1, -0.05) is 0 Å². The lowest BCUT2D eigenvalue weighted by Crippen LogP contribution is -2.55. The molecule has 5 unspecified atom stereocenters. The summed E-state index contributed by atoms with van der Waals surface area (Å²) in [5, 5.41) is 0. The summed E-state index contributed by atoms with van der Waals surface area (Å²) >= 11 is -2.89. The molecule has 1 fully saturated rings. The van der Waals surface area contributed by atoms with E-state index in [-0.39, 0.29) is 6.61 Å². The highest BCUT2D eigenvalue weighted by Gasteiger charge is 2.43. The second-order valence-electron chi connectivity index (χ2n) is 3.57. The molecule has 0 spiro atoms. The average molecular weight is 305 g/mol. The van der Waals surface area contributed by atoms with Crippen molar-refractivity contribution < 1.29 is 39.6 Å². The topological polar surface area (TPSA) is 131 Å². The van der Waals surface area contributed by atoms with Crippen LogP contribution in [-0.2, 0) is 39.6 Å². The van der Waals surface area contributed by atoms with Gasteiger partial charge in [0.1, 0.15) is 18.3 Å². The molecule has 1 aliphatic heterocycles. The van der Waals surface area contributed by atoms with E-state index in [1.807, 2.05) is 0 Å². The van der Waals surface area contributed by atoms with E-state index >= 15 is 0 Å². The predicted octanol–water partition coefficient (Wildman–Crippen LogP) is -1.21. The van der Waals surface area contributed by atoms with Gasteiger partial charge in [0.15, 0.2) is 0 Å². The largest absolute Gasteiger partial charge is 0.750 e. The van der Waals surface area contributed by atoms with E-state index in [0.29, 0.717) is 0 Å². The van der Waals surface area contributed by atoms with Crippen LogP contribution in [0.4, 0.5) is 0 Å².